The second kappa shape index (κ2) is 9.43. The van der Waals surface area contributed by atoms with Crippen molar-refractivity contribution in [1.82, 2.24) is 0 Å². The molecule has 0 amide bonds. The maximum Gasteiger partial charge on any atom is 0.123 e. The van der Waals surface area contributed by atoms with Crippen molar-refractivity contribution in [3.05, 3.63) is 0 Å². The summed E-state index contributed by atoms with van der Waals surface area (Å²) < 4.78 is 0. The first-order valence-corrected chi connectivity index (χ1v) is 5.24. The monoisotopic (exact) mass is 184 g/mol. The number of unbranched alkanes of at least 4 members (excludes halogenated alkanes) is 3. The topological polar surface area (TPSA) is 34.1 Å². The molecule has 13 heavy (non-hydrogen) atoms. The van der Waals surface area contributed by atoms with Gasteiger partial charge in [-0.2, -0.15) is 0 Å². The molecule has 0 bridgehead atoms. The van der Waals surface area contributed by atoms with Gasteiger partial charge in [0.25, 0.3) is 0 Å². The SMILES string of the molecule is CCCCCCC(C=O)CCC=O. The average Bonchev–Trinajstić information content (AvgIpc) is 2.17. The molecule has 0 aliphatic carbocycles. The first-order valence-electron chi connectivity index (χ1n) is 5.24. The molecule has 0 radical (unpaired) electrons. The molecule has 1 unspecified atom stereocenters. The Morgan fingerprint density at radius 3 is 2.38 bits per heavy atom. The second-order valence-corrected chi connectivity index (χ2v) is 3.49. The zero-order valence-corrected chi connectivity index (χ0v) is 8.50. The van der Waals surface area contributed by atoms with Crippen LogP contribution in [0.1, 0.15) is 51.9 Å². The van der Waals surface area contributed by atoms with Crippen LogP contribution in [-0.4, -0.2) is 12.6 Å². The van der Waals surface area contributed by atoms with Gasteiger partial charge in [0.2, 0.25) is 0 Å². The van der Waals surface area contributed by atoms with Gasteiger partial charge in [0.1, 0.15) is 12.6 Å². The minimum atomic E-state index is 0.113. The lowest BCUT2D eigenvalue weighted by Crippen LogP contribution is -2.02. The Balaban J connectivity index is 3.36. The van der Waals surface area contributed by atoms with Crippen LogP contribution in [0.2, 0.25) is 0 Å². The van der Waals surface area contributed by atoms with Crippen LogP contribution < -0.4 is 0 Å². The van der Waals surface area contributed by atoms with Crippen molar-refractivity contribution in [2.24, 2.45) is 5.92 Å². The first kappa shape index (κ1) is 12.3. The molecule has 0 fully saturated rings. The minimum absolute atomic E-state index is 0.113. The van der Waals surface area contributed by atoms with Gasteiger partial charge in [-0.1, -0.05) is 32.6 Å². The van der Waals surface area contributed by atoms with Gasteiger partial charge in [-0.25, -0.2) is 0 Å². The number of rotatable bonds is 9. The van der Waals surface area contributed by atoms with Crippen molar-refractivity contribution < 1.29 is 9.59 Å². The van der Waals surface area contributed by atoms with E-state index in [-0.39, 0.29) is 5.92 Å². The van der Waals surface area contributed by atoms with Crippen LogP contribution in [0, 0.1) is 5.92 Å². The molecule has 0 aromatic rings. The first-order chi connectivity index (χ1) is 6.35. The van der Waals surface area contributed by atoms with Crippen LogP contribution in [0.3, 0.4) is 0 Å². The molecule has 0 rings (SSSR count). The lowest BCUT2D eigenvalue weighted by molar-refractivity contribution is -0.112. The second-order valence-electron chi connectivity index (χ2n) is 3.49. The van der Waals surface area contributed by atoms with Crippen molar-refractivity contribution in [3.8, 4) is 0 Å². The van der Waals surface area contributed by atoms with E-state index in [2.05, 4.69) is 6.92 Å². The van der Waals surface area contributed by atoms with Crippen molar-refractivity contribution in [3.63, 3.8) is 0 Å². The maximum absolute atomic E-state index is 10.6. The van der Waals surface area contributed by atoms with Crippen molar-refractivity contribution >= 4 is 12.6 Å². The molecule has 0 aliphatic rings. The summed E-state index contributed by atoms with van der Waals surface area (Å²) in [7, 11) is 0. The molecule has 0 spiro atoms. The Morgan fingerprint density at radius 1 is 1.08 bits per heavy atom. The summed E-state index contributed by atoms with van der Waals surface area (Å²) in [5.41, 5.74) is 0. The van der Waals surface area contributed by atoms with E-state index in [4.69, 9.17) is 0 Å². The zero-order valence-electron chi connectivity index (χ0n) is 8.50. The van der Waals surface area contributed by atoms with Gasteiger partial charge in [-0.15, -0.1) is 0 Å². The average molecular weight is 184 g/mol. The molecule has 76 valence electrons. The van der Waals surface area contributed by atoms with E-state index in [0.717, 1.165) is 31.8 Å². The fourth-order valence-electron chi connectivity index (χ4n) is 1.40. The van der Waals surface area contributed by atoms with Crippen LogP contribution in [0.15, 0.2) is 0 Å². The predicted molar refractivity (Wildman–Crippen MR) is 53.6 cm³/mol. The zero-order chi connectivity index (χ0) is 9.94. The molecule has 0 N–H and O–H groups in total. The Bertz CT molecular complexity index is 132. The number of carbonyl (C=O) groups excluding carboxylic acids is 2. The highest BCUT2D eigenvalue weighted by molar-refractivity contribution is 5.55. The van der Waals surface area contributed by atoms with E-state index >= 15 is 0 Å². The van der Waals surface area contributed by atoms with Gasteiger partial charge in [-0.3, -0.25) is 0 Å². The number of carbonyl (C=O) groups is 2. The smallest absolute Gasteiger partial charge is 0.123 e. The molecule has 0 aromatic carbocycles. The lowest BCUT2D eigenvalue weighted by Gasteiger charge is -2.06. The summed E-state index contributed by atoms with van der Waals surface area (Å²) >= 11 is 0. The van der Waals surface area contributed by atoms with Crippen LogP contribution in [-0.2, 0) is 9.59 Å². The van der Waals surface area contributed by atoms with Crippen molar-refractivity contribution in [2.45, 2.75) is 51.9 Å². The Morgan fingerprint density at radius 2 is 1.85 bits per heavy atom. The molecule has 0 saturated carbocycles. The maximum atomic E-state index is 10.6. The normalized spacial score (nSPS) is 12.4. The summed E-state index contributed by atoms with van der Waals surface area (Å²) in [6.07, 6.45) is 8.91. The largest absolute Gasteiger partial charge is 0.303 e. The van der Waals surface area contributed by atoms with Gasteiger partial charge in [0.05, 0.1) is 0 Å². The van der Waals surface area contributed by atoms with Gasteiger partial charge in [0, 0.05) is 12.3 Å². The van der Waals surface area contributed by atoms with E-state index < -0.39 is 0 Å². The van der Waals surface area contributed by atoms with Crippen LogP contribution >= 0.6 is 0 Å². The third-order valence-electron chi connectivity index (χ3n) is 2.28. The van der Waals surface area contributed by atoms with Gasteiger partial charge in [0.15, 0.2) is 0 Å². The number of aldehydes is 2. The highest BCUT2D eigenvalue weighted by Crippen LogP contribution is 2.13. The van der Waals surface area contributed by atoms with E-state index in [1.165, 1.54) is 19.3 Å². The predicted octanol–water partition coefficient (Wildman–Crippen LogP) is 2.75. The summed E-state index contributed by atoms with van der Waals surface area (Å²) in [5, 5.41) is 0. The summed E-state index contributed by atoms with van der Waals surface area (Å²) in [5.74, 6) is 0.113. The lowest BCUT2D eigenvalue weighted by atomic mass is 9.98. The Labute approximate surface area is 80.7 Å². The van der Waals surface area contributed by atoms with Gasteiger partial charge >= 0.3 is 0 Å². The summed E-state index contributed by atoms with van der Waals surface area (Å²) in [4.78, 5) is 20.6. The molecule has 2 heteroatoms. The molecule has 0 saturated heterocycles. The number of hydrogen-bond acceptors (Lipinski definition) is 2. The van der Waals surface area contributed by atoms with Gasteiger partial charge in [-0.05, 0) is 12.8 Å². The Kier molecular flexibility index (Phi) is 8.95. The van der Waals surface area contributed by atoms with E-state index in [1.54, 1.807) is 0 Å². The molecule has 0 aliphatic heterocycles. The van der Waals surface area contributed by atoms with E-state index in [0.29, 0.717) is 6.42 Å². The minimum Gasteiger partial charge on any atom is -0.303 e. The molecule has 1 atom stereocenters. The van der Waals surface area contributed by atoms with E-state index in [1.807, 2.05) is 0 Å². The molecular weight excluding hydrogens is 164 g/mol. The summed E-state index contributed by atoms with van der Waals surface area (Å²) in [6.45, 7) is 2.17. The molecular formula is C11H20O2. The summed E-state index contributed by atoms with van der Waals surface area (Å²) in [6, 6.07) is 0. The molecule has 0 aromatic heterocycles. The van der Waals surface area contributed by atoms with Crippen LogP contribution in [0.25, 0.3) is 0 Å². The molecule has 2 nitrogen and oxygen atoms in total. The van der Waals surface area contributed by atoms with Gasteiger partial charge < -0.3 is 9.59 Å². The van der Waals surface area contributed by atoms with Crippen molar-refractivity contribution in [2.75, 3.05) is 0 Å². The van der Waals surface area contributed by atoms with Crippen LogP contribution in [0.5, 0.6) is 0 Å². The highest BCUT2D eigenvalue weighted by Gasteiger charge is 2.05. The fraction of sp³-hybridized carbons (Fsp3) is 0.818. The van der Waals surface area contributed by atoms with Crippen LogP contribution in [0.4, 0.5) is 0 Å². The quantitative estimate of drug-likeness (QED) is 0.408. The number of hydrogen-bond donors (Lipinski definition) is 0. The van der Waals surface area contributed by atoms with E-state index in [9.17, 15) is 9.59 Å². The molecule has 0 heterocycles. The standard InChI is InChI=1S/C11H20O2/c1-2-3-4-5-7-11(10-13)8-6-9-12/h9-11H,2-8H2,1H3. The highest BCUT2D eigenvalue weighted by atomic mass is 16.1. The third kappa shape index (κ3) is 7.69. The fourth-order valence-corrected chi connectivity index (χ4v) is 1.40. The Hall–Kier alpha value is -0.660. The van der Waals surface area contributed by atoms with Crippen molar-refractivity contribution in [1.29, 1.82) is 0 Å². The third-order valence-corrected chi connectivity index (χ3v) is 2.28.